The molecule has 1 saturated heterocycles. The molecule has 1 saturated carbocycles. The Labute approximate surface area is 106 Å². The molecule has 2 rings (SSSR count). The van der Waals surface area contributed by atoms with E-state index in [0.717, 1.165) is 0 Å². The molecule has 102 valence electrons. The van der Waals surface area contributed by atoms with Crippen molar-refractivity contribution in [3.8, 4) is 0 Å². The van der Waals surface area contributed by atoms with Crippen LogP contribution < -0.4 is 0 Å². The van der Waals surface area contributed by atoms with Crippen LogP contribution in [0.2, 0.25) is 0 Å². The van der Waals surface area contributed by atoms with Crippen molar-refractivity contribution in [3.63, 3.8) is 0 Å². The van der Waals surface area contributed by atoms with Gasteiger partial charge in [0.1, 0.15) is 5.60 Å². The van der Waals surface area contributed by atoms with Crippen LogP contribution >= 0.6 is 0 Å². The molecule has 1 heterocycles. The predicted molar refractivity (Wildman–Crippen MR) is 62.2 cm³/mol. The van der Waals surface area contributed by atoms with E-state index in [1.165, 1.54) is 4.90 Å². The molecule has 2 aliphatic rings. The van der Waals surface area contributed by atoms with Crippen molar-refractivity contribution >= 4 is 12.1 Å². The molecule has 2 unspecified atom stereocenters. The fraction of sp³-hybridized carbons (Fsp3) is 0.833. The smallest absolute Gasteiger partial charge is 0.410 e. The molecular formula is C12H19NO5. The molecular weight excluding hydrogens is 238 g/mol. The summed E-state index contributed by atoms with van der Waals surface area (Å²) < 4.78 is 10.6. The van der Waals surface area contributed by atoms with E-state index in [0.29, 0.717) is 19.6 Å². The number of hydrogen-bond donors (Lipinski definition) is 1. The molecule has 0 aromatic rings. The van der Waals surface area contributed by atoms with Gasteiger partial charge in [0.15, 0.2) is 0 Å². The van der Waals surface area contributed by atoms with Crippen LogP contribution in [0.4, 0.5) is 4.79 Å². The summed E-state index contributed by atoms with van der Waals surface area (Å²) in [5.41, 5.74) is -1.27. The molecule has 6 nitrogen and oxygen atoms in total. The quantitative estimate of drug-likeness (QED) is 0.761. The van der Waals surface area contributed by atoms with E-state index in [9.17, 15) is 9.59 Å². The van der Waals surface area contributed by atoms with Crippen molar-refractivity contribution in [2.75, 3.05) is 19.8 Å². The van der Waals surface area contributed by atoms with Gasteiger partial charge in [0.05, 0.1) is 24.7 Å². The molecule has 1 spiro atoms. The minimum atomic E-state index is -0.881. The first-order chi connectivity index (χ1) is 8.26. The van der Waals surface area contributed by atoms with Crippen LogP contribution in [-0.2, 0) is 14.3 Å². The van der Waals surface area contributed by atoms with E-state index in [1.54, 1.807) is 20.8 Å². The van der Waals surface area contributed by atoms with Crippen molar-refractivity contribution in [3.05, 3.63) is 0 Å². The number of amides is 1. The molecule has 2 atom stereocenters. The lowest BCUT2D eigenvalue weighted by molar-refractivity contribution is -0.140. The average Bonchev–Trinajstić information content (AvgIpc) is 2.91. The molecule has 2 fully saturated rings. The normalized spacial score (nSPS) is 31.3. The Balaban J connectivity index is 2.11. The van der Waals surface area contributed by atoms with E-state index < -0.39 is 29.1 Å². The van der Waals surface area contributed by atoms with Gasteiger partial charge in [-0.2, -0.15) is 0 Å². The third-order valence-corrected chi connectivity index (χ3v) is 3.31. The number of aliphatic carboxylic acids is 1. The number of carbonyl (C=O) groups is 2. The topological polar surface area (TPSA) is 76.1 Å². The second-order valence-electron chi connectivity index (χ2n) is 5.88. The van der Waals surface area contributed by atoms with Crippen molar-refractivity contribution in [1.29, 1.82) is 0 Å². The van der Waals surface area contributed by atoms with Gasteiger partial charge in [-0.1, -0.05) is 0 Å². The van der Waals surface area contributed by atoms with Gasteiger partial charge in [-0.25, -0.2) is 4.79 Å². The Morgan fingerprint density at radius 2 is 2.11 bits per heavy atom. The van der Waals surface area contributed by atoms with Gasteiger partial charge >= 0.3 is 12.1 Å². The van der Waals surface area contributed by atoms with Crippen molar-refractivity contribution < 1.29 is 24.2 Å². The summed E-state index contributed by atoms with van der Waals surface area (Å²) in [6.45, 7) is 6.47. The minimum absolute atomic E-state index is 0.281. The Bertz CT molecular complexity index is 375. The molecule has 1 aliphatic carbocycles. The Morgan fingerprint density at radius 3 is 2.61 bits per heavy atom. The monoisotopic (exact) mass is 257 g/mol. The number of nitrogens with zero attached hydrogens (tertiary/aromatic N) is 1. The van der Waals surface area contributed by atoms with Gasteiger partial charge in [0.25, 0.3) is 0 Å². The number of morpholine rings is 1. The van der Waals surface area contributed by atoms with Crippen molar-refractivity contribution in [2.45, 2.75) is 38.3 Å². The first-order valence-electron chi connectivity index (χ1n) is 6.07. The summed E-state index contributed by atoms with van der Waals surface area (Å²) in [5, 5.41) is 9.07. The lowest BCUT2D eigenvalue weighted by atomic mass is 10.1. The zero-order chi connectivity index (χ0) is 13.6. The van der Waals surface area contributed by atoms with E-state index in [2.05, 4.69) is 0 Å². The summed E-state index contributed by atoms with van der Waals surface area (Å²) in [7, 11) is 0. The fourth-order valence-corrected chi connectivity index (χ4v) is 2.36. The minimum Gasteiger partial charge on any atom is -0.481 e. The van der Waals surface area contributed by atoms with Crippen LogP contribution in [0.1, 0.15) is 27.2 Å². The maximum absolute atomic E-state index is 12.1. The standard InChI is InChI=1S/C12H19NO5/c1-11(2,3)18-10(16)13-4-5-17-7-12(13)6-8(12)9(14)15/h8H,4-7H2,1-3H3,(H,14,15). The van der Waals surface area contributed by atoms with Gasteiger partial charge in [0.2, 0.25) is 0 Å². The first kappa shape index (κ1) is 13.1. The fourth-order valence-electron chi connectivity index (χ4n) is 2.36. The number of rotatable bonds is 1. The van der Waals surface area contributed by atoms with Crippen LogP contribution in [-0.4, -0.2) is 53.0 Å². The zero-order valence-electron chi connectivity index (χ0n) is 10.9. The highest BCUT2D eigenvalue weighted by Gasteiger charge is 2.65. The molecule has 18 heavy (non-hydrogen) atoms. The van der Waals surface area contributed by atoms with Crippen LogP contribution in [0.3, 0.4) is 0 Å². The van der Waals surface area contributed by atoms with E-state index >= 15 is 0 Å². The SMILES string of the molecule is CC(C)(C)OC(=O)N1CCOCC12CC2C(=O)O. The summed E-state index contributed by atoms with van der Waals surface area (Å²) in [4.78, 5) is 24.7. The largest absolute Gasteiger partial charge is 0.481 e. The van der Waals surface area contributed by atoms with E-state index in [-0.39, 0.29) is 6.61 Å². The lowest BCUT2D eigenvalue weighted by Crippen LogP contribution is -2.53. The Morgan fingerprint density at radius 1 is 1.44 bits per heavy atom. The van der Waals surface area contributed by atoms with Crippen molar-refractivity contribution in [1.82, 2.24) is 4.90 Å². The van der Waals surface area contributed by atoms with E-state index in [4.69, 9.17) is 14.6 Å². The van der Waals surface area contributed by atoms with Gasteiger partial charge in [0, 0.05) is 6.54 Å². The second-order valence-corrected chi connectivity index (χ2v) is 5.88. The molecule has 1 N–H and O–H groups in total. The van der Waals surface area contributed by atoms with Crippen LogP contribution in [0, 0.1) is 5.92 Å². The summed E-state index contributed by atoms with van der Waals surface area (Å²) in [6.07, 6.45) is -0.00348. The number of ether oxygens (including phenoxy) is 2. The zero-order valence-corrected chi connectivity index (χ0v) is 10.9. The maximum Gasteiger partial charge on any atom is 0.410 e. The Hall–Kier alpha value is -1.30. The number of carboxylic acid groups (broad SMARTS) is 1. The van der Waals surface area contributed by atoms with Gasteiger partial charge in [-0.3, -0.25) is 9.69 Å². The first-order valence-corrected chi connectivity index (χ1v) is 6.07. The van der Waals surface area contributed by atoms with Crippen LogP contribution in [0.5, 0.6) is 0 Å². The molecule has 0 aromatic heterocycles. The molecule has 1 aliphatic heterocycles. The molecule has 6 heteroatoms. The van der Waals surface area contributed by atoms with Crippen LogP contribution in [0.25, 0.3) is 0 Å². The highest BCUT2D eigenvalue weighted by atomic mass is 16.6. The van der Waals surface area contributed by atoms with E-state index in [1.807, 2.05) is 0 Å². The number of carbonyl (C=O) groups excluding carboxylic acids is 1. The summed E-state index contributed by atoms with van der Waals surface area (Å²) in [6, 6.07) is 0. The summed E-state index contributed by atoms with van der Waals surface area (Å²) in [5.74, 6) is -1.42. The average molecular weight is 257 g/mol. The van der Waals surface area contributed by atoms with Gasteiger partial charge < -0.3 is 14.6 Å². The molecule has 0 aromatic carbocycles. The summed E-state index contributed by atoms with van der Waals surface area (Å²) >= 11 is 0. The van der Waals surface area contributed by atoms with Crippen molar-refractivity contribution in [2.24, 2.45) is 5.92 Å². The highest BCUT2D eigenvalue weighted by Crippen LogP contribution is 2.50. The van der Waals surface area contributed by atoms with Gasteiger partial charge in [-0.05, 0) is 27.2 Å². The van der Waals surface area contributed by atoms with Crippen LogP contribution in [0.15, 0.2) is 0 Å². The predicted octanol–water partition coefficient (Wildman–Crippen LogP) is 1.10. The lowest BCUT2D eigenvalue weighted by Gasteiger charge is -2.37. The molecule has 0 bridgehead atoms. The molecule has 1 amide bonds. The third kappa shape index (κ3) is 2.29. The Kier molecular flexibility index (Phi) is 3.01. The van der Waals surface area contributed by atoms with Gasteiger partial charge in [-0.15, -0.1) is 0 Å². The second kappa shape index (κ2) is 4.12. The third-order valence-electron chi connectivity index (χ3n) is 3.31. The number of carboxylic acids is 1. The maximum atomic E-state index is 12.1. The highest BCUT2D eigenvalue weighted by molar-refractivity contribution is 5.79. The molecule has 0 radical (unpaired) electrons. The number of hydrogen-bond acceptors (Lipinski definition) is 4.